The predicted molar refractivity (Wildman–Crippen MR) is 124 cm³/mol. The van der Waals surface area contributed by atoms with Crippen LogP contribution in [0.2, 0.25) is 0 Å². The van der Waals surface area contributed by atoms with E-state index in [1.54, 1.807) is 35.3 Å². The number of alkyl halides is 1. The van der Waals surface area contributed by atoms with Crippen LogP contribution >= 0.6 is 0 Å². The van der Waals surface area contributed by atoms with Gasteiger partial charge in [-0.1, -0.05) is 6.07 Å². The molecule has 1 amide bonds. The normalized spacial score (nSPS) is 23.7. The van der Waals surface area contributed by atoms with Crippen molar-refractivity contribution in [3.63, 3.8) is 0 Å². The topological polar surface area (TPSA) is 105 Å². The molecule has 1 aliphatic carbocycles. The molecule has 2 fully saturated rings. The van der Waals surface area contributed by atoms with Crippen LogP contribution < -0.4 is 15.4 Å². The van der Waals surface area contributed by atoms with E-state index in [9.17, 15) is 14.4 Å². The summed E-state index contributed by atoms with van der Waals surface area (Å²) < 4.78 is 21.7. The van der Waals surface area contributed by atoms with Gasteiger partial charge < -0.3 is 15.4 Å². The number of nitriles is 1. The number of hydrogen-bond acceptors (Lipinski definition) is 6. The van der Waals surface area contributed by atoms with Gasteiger partial charge in [0.25, 0.3) is 0 Å². The van der Waals surface area contributed by atoms with Gasteiger partial charge in [-0.2, -0.15) is 10.4 Å². The number of aryl methyl sites for hydroxylation is 1. The number of piperidine rings is 1. The van der Waals surface area contributed by atoms with Gasteiger partial charge in [-0.05, 0) is 66.3 Å². The van der Waals surface area contributed by atoms with E-state index in [1.807, 2.05) is 25.4 Å². The van der Waals surface area contributed by atoms with E-state index < -0.39 is 12.3 Å². The van der Waals surface area contributed by atoms with Gasteiger partial charge in [0, 0.05) is 31.9 Å². The predicted octanol–water partition coefficient (Wildman–Crippen LogP) is 3.17. The minimum absolute atomic E-state index is 0.0669. The molecule has 0 radical (unpaired) electrons. The lowest BCUT2D eigenvalue weighted by Crippen LogP contribution is -2.44. The van der Waals surface area contributed by atoms with E-state index >= 15 is 0 Å². The molecule has 2 aliphatic rings. The molecule has 3 heterocycles. The molecule has 3 aromatic rings. The third-order valence-corrected chi connectivity index (χ3v) is 6.35. The number of nitrogens with zero attached hydrogens (tertiary/aromatic N) is 4. The third kappa shape index (κ3) is 4.63. The standard InChI is InChI=1S/C25H25FN6O2/c1-32-14-18(12-30-32)19-10-20(19)25(33)31-24-9-16(4-7-29-24)15-2-3-22(17(8-15)11-27)34-23-5-6-28-13-21(23)26/h2-4,7-9,12,14,19-21,23,28H,5-6,10,13H2,1H3,(H,29,31,33)/t19?,20?,21-,23+/m1/s1. The fourth-order valence-electron chi connectivity index (χ4n) is 4.37. The van der Waals surface area contributed by atoms with Crippen LogP contribution in [0, 0.1) is 17.2 Å². The fourth-order valence-corrected chi connectivity index (χ4v) is 4.37. The van der Waals surface area contributed by atoms with Gasteiger partial charge in [0.2, 0.25) is 5.91 Å². The summed E-state index contributed by atoms with van der Waals surface area (Å²) in [5, 5.41) is 19.7. The van der Waals surface area contributed by atoms with Crippen molar-refractivity contribution in [2.75, 3.05) is 18.4 Å². The maximum atomic E-state index is 14.1. The van der Waals surface area contributed by atoms with Gasteiger partial charge in [-0.15, -0.1) is 0 Å². The molecule has 174 valence electrons. The zero-order chi connectivity index (χ0) is 23.7. The summed E-state index contributed by atoms with van der Waals surface area (Å²) in [5.41, 5.74) is 2.99. The van der Waals surface area contributed by atoms with Crippen LogP contribution in [-0.4, -0.2) is 46.0 Å². The molecule has 9 heteroatoms. The van der Waals surface area contributed by atoms with Gasteiger partial charge in [-0.25, -0.2) is 9.37 Å². The van der Waals surface area contributed by atoms with Crippen molar-refractivity contribution in [1.29, 1.82) is 5.26 Å². The minimum atomic E-state index is -1.12. The number of nitrogens with one attached hydrogen (secondary N) is 2. The summed E-state index contributed by atoms with van der Waals surface area (Å²) in [7, 11) is 1.86. The molecule has 2 unspecified atom stereocenters. The summed E-state index contributed by atoms with van der Waals surface area (Å²) in [5.74, 6) is 0.853. The molecule has 0 spiro atoms. The quantitative estimate of drug-likeness (QED) is 0.586. The zero-order valence-electron chi connectivity index (χ0n) is 18.7. The summed E-state index contributed by atoms with van der Waals surface area (Å²) >= 11 is 0. The summed E-state index contributed by atoms with van der Waals surface area (Å²) in [6.45, 7) is 0.931. The highest BCUT2D eigenvalue weighted by Gasteiger charge is 2.44. The molecule has 2 aromatic heterocycles. The Morgan fingerprint density at radius 2 is 2.18 bits per heavy atom. The van der Waals surface area contributed by atoms with E-state index in [4.69, 9.17) is 4.74 Å². The van der Waals surface area contributed by atoms with Crippen molar-refractivity contribution in [2.45, 2.75) is 31.0 Å². The molecule has 0 bridgehead atoms. The van der Waals surface area contributed by atoms with Crippen LogP contribution in [0.1, 0.15) is 29.9 Å². The van der Waals surface area contributed by atoms with Crippen molar-refractivity contribution < 1.29 is 13.9 Å². The number of pyridine rings is 1. The van der Waals surface area contributed by atoms with E-state index in [0.29, 0.717) is 30.1 Å². The lowest BCUT2D eigenvalue weighted by atomic mass is 10.0. The monoisotopic (exact) mass is 460 g/mol. The number of ether oxygens (including phenoxy) is 1. The molecule has 34 heavy (non-hydrogen) atoms. The van der Waals surface area contributed by atoms with Gasteiger partial charge in [-0.3, -0.25) is 9.48 Å². The van der Waals surface area contributed by atoms with E-state index in [0.717, 1.165) is 23.1 Å². The minimum Gasteiger partial charge on any atom is -0.486 e. The Kier molecular flexibility index (Phi) is 5.99. The van der Waals surface area contributed by atoms with Crippen LogP contribution in [0.25, 0.3) is 11.1 Å². The van der Waals surface area contributed by atoms with E-state index in [1.165, 1.54) is 0 Å². The summed E-state index contributed by atoms with van der Waals surface area (Å²) in [4.78, 5) is 17.0. The van der Waals surface area contributed by atoms with Crippen molar-refractivity contribution in [1.82, 2.24) is 20.1 Å². The molecule has 1 saturated carbocycles. The molecule has 1 saturated heterocycles. The molecule has 2 N–H and O–H groups in total. The molecule has 1 aromatic carbocycles. The van der Waals surface area contributed by atoms with Crippen molar-refractivity contribution >= 4 is 11.7 Å². The van der Waals surface area contributed by atoms with Crippen LogP contribution in [0.5, 0.6) is 5.75 Å². The largest absolute Gasteiger partial charge is 0.486 e. The maximum absolute atomic E-state index is 14.1. The van der Waals surface area contributed by atoms with Gasteiger partial charge in [0.15, 0.2) is 0 Å². The lowest BCUT2D eigenvalue weighted by Gasteiger charge is -2.27. The average Bonchev–Trinajstić information content (AvgIpc) is 3.54. The number of benzene rings is 1. The van der Waals surface area contributed by atoms with Crippen LogP contribution in [-0.2, 0) is 11.8 Å². The fraction of sp³-hybridized carbons (Fsp3) is 0.360. The second kappa shape index (κ2) is 9.23. The zero-order valence-corrected chi connectivity index (χ0v) is 18.7. The first kappa shape index (κ1) is 22.0. The Hall–Kier alpha value is -3.77. The highest BCUT2D eigenvalue weighted by molar-refractivity contribution is 5.95. The first-order valence-electron chi connectivity index (χ1n) is 11.3. The second-order valence-corrected chi connectivity index (χ2v) is 8.80. The SMILES string of the molecule is Cn1cc(C2CC2C(=O)Nc2cc(-c3ccc(O[C@H]4CCNC[C@H]4F)c(C#N)c3)ccn2)cn1. The Morgan fingerprint density at radius 3 is 2.94 bits per heavy atom. The van der Waals surface area contributed by atoms with E-state index in [2.05, 4.69) is 26.8 Å². The number of aromatic nitrogens is 3. The average molecular weight is 461 g/mol. The van der Waals surface area contributed by atoms with Crippen molar-refractivity contribution in [3.8, 4) is 22.9 Å². The summed E-state index contributed by atoms with van der Waals surface area (Å²) in [6, 6.07) is 11.0. The first-order chi connectivity index (χ1) is 16.5. The smallest absolute Gasteiger partial charge is 0.229 e. The number of hydrogen-bond donors (Lipinski definition) is 2. The number of anilines is 1. The van der Waals surface area contributed by atoms with Gasteiger partial charge in [0.1, 0.15) is 29.9 Å². The molecule has 1 aliphatic heterocycles. The van der Waals surface area contributed by atoms with E-state index in [-0.39, 0.29) is 24.3 Å². The second-order valence-electron chi connectivity index (χ2n) is 8.80. The van der Waals surface area contributed by atoms with Crippen LogP contribution in [0.15, 0.2) is 48.9 Å². The van der Waals surface area contributed by atoms with Gasteiger partial charge >= 0.3 is 0 Å². The first-order valence-corrected chi connectivity index (χ1v) is 11.3. The molecule has 5 rings (SSSR count). The summed E-state index contributed by atoms with van der Waals surface area (Å²) in [6.07, 6.45) is 5.02. The lowest BCUT2D eigenvalue weighted by molar-refractivity contribution is -0.117. The molecule has 8 nitrogen and oxygen atoms in total. The maximum Gasteiger partial charge on any atom is 0.229 e. The number of carbonyl (C=O) groups is 1. The highest BCUT2D eigenvalue weighted by atomic mass is 19.1. The number of amides is 1. The third-order valence-electron chi connectivity index (χ3n) is 6.35. The number of halogens is 1. The van der Waals surface area contributed by atoms with Crippen LogP contribution in [0.3, 0.4) is 0 Å². The number of carbonyl (C=O) groups excluding carboxylic acids is 1. The highest BCUT2D eigenvalue weighted by Crippen LogP contribution is 2.47. The molecular weight excluding hydrogens is 435 g/mol. The van der Waals surface area contributed by atoms with Crippen molar-refractivity contribution in [3.05, 3.63) is 60.0 Å². The molecular formula is C25H25FN6O2. The van der Waals surface area contributed by atoms with Crippen molar-refractivity contribution in [2.24, 2.45) is 13.0 Å². The number of rotatable bonds is 6. The molecule has 4 atom stereocenters. The van der Waals surface area contributed by atoms with Gasteiger partial charge in [0.05, 0.1) is 11.8 Å². The Balaban J connectivity index is 1.28. The Labute approximate surface area is 196 Å². The Morgan fingerprint density at radius 1 is 1.32 bits per heavy atom. The Bertz CT molecular complexity index is 1250. The van der Waals surface area contributed by atoms with Crippen LogP contribution in [0.4, 0.5) is 10.2 Å².